The van der Waals surface area contributed by atoms with Gasteiger partial charge in [0.1, 0.15) is 6.04 Å². The Morgan fingerprint density at radius 2 is 2.19 bits per heavy atom. The van der Waals surface area contributed by atoms with Crippen molar-refractivity contribution in [3.8, 4) is 0 Å². The first-order valence-electron chi connectivity index (χ1n) is 4.88. The minimum Gasteiger partial charge on any atom is -0.357 e. The zero-order valence-electron chi connectivity index (χ0n) is 9.49. The highest BCUT2D eigenvalue weighted by molar-refractivity contribution is 5.81. The molecule has 0 aliphatic carbocycles. The van der Waals surface area contributed by atoms with Crippen LogP contribution in [0.3, 0.4) is 0 Å². The van der Waals surface area contributed by atoms with E-state index in [4.69, 9.17) is 11.3 Å². The van der Waals surface area contributed by atoms with Crippen molar-refractivity contribution in [3.63, 3.8) is 0 Å². The molecule has 0 rings (SSSR count). The third kappa shape index (κ3) is 5.13. The molecule has 0 saturated heterocycles. The maximum atomic E-state index is 11.4. The molecule has 3 amide bonds. The minimum absolute atomic E-state index is 0.211. The minimum atomic E-state index is -0.588. The predicted molar refractivity (Wildman–Crippen MR) is 57.6 cm³/mol. The van der Waals surface area contributed by atoms with Gasteiger partial charge in [0, 0.05) is 20.6 Å². The Hall–Kier alpha value is -1.86. The second-order valence-electron chi connectivity index (χ2n) is 3.24. The van der Waals surface area contributed by atoms with E-state index < -0.39 is 12.1 Å². The summed E-state index contributed by atoms with van der Waals surface area (Å²) < 4.78 is 0. The van der Waals surface area contributed by atoms with E-state index in [1.165, 1.54) is 12.1 Å². The van der Waals surface area contributed by atoms with Crippen molar-refractivity contribution >= 4 is 11.9 Å². The number of nitrogens with one attached hydrogen (secondary N) is 3. The van der Waals surface area contributed by atoms with Gasteiger partial charge in [-0.05, 0) is 12.8 Å². The van der Waals surface area contributed by atoms with Crippen molar-refractivity contribution in [1.29, 1.82) is 5.53 Å². The van der Waals surface area contributed by atoms with Crippen LogP contribution in [0, 0.1) is 5.53 Å². The molecule has 8 nitrogen and oxygen atoms in total. The molecule has 0 fully saturated rings. The average molecular weight is 230 g/mol. The van der Waals surface area contributed by atoms with Crippen LogP contribution >= 0.6 is 0 Å². The van der Waals surface area contributed by atoms with Crippen LogP contribution in [-0.2, 0) is 4.79 Å². The standard InChI is InChI=1S/C8H18N6O2/c1-11-7(15)6(14(2)13-10)4-3-5-12-8(9)16/h6,10H,3-5H2,1-2H3,(H,11,15)(H3,9,12,16)/t6-/m0/s1. The quantitative estimate of drug-likeness (QED) is 0.266. The van der Waals surface area contributed by atoms with Crippen LogP contribution in [-0.4, -0.2) is 43.6 Å². The molecule has 0 aromatic carbocycles. The van der Waals surface area contributed by atoms with E-state index in [1.54, 1.807) is 7.05 Å². The summed E-state index contributed by atoms with van der Waals surface area (Å²) in [5, 5.41) is 9.37. The molecule has 0 saturated carbocycles. The Balaban J connectivity index is 4.07. The number of likely N-dealkylation sites (N-methyl/N-ethyl adjacent to an activating group) is 2. The zero-order chi connectivity index (χ0) is 12.6. The molecule has 0 spiro atoms. The van der Waals surface area contributed by atoms with Crippen LogP contribution in [0.2, 0.25) is 0 Å². The fraction of sp³-hybridized carbons (Fsp3) is 0.750. The Bertz CT molecular complexity index is 257. The van der Waals surface area contributed by atoms with E-state index >= 15 is 0 Å². The van der Waals surface area contributed by atoms with Gasteiger partial charge in [0.05, 0.1) is 0 Å². The number of nitrogens with zero attached hydrogens (tertiary/aromatic N) is 2. The summed E-state index contributed by atoms with van der Waals surface area (Å²) in [6, 6.07) is -1.09. The zero-order valence-corrected chi connectivity index (χ0v) is 9.49. The lowest BCUT2D eigenvalue weighted by Gasteiger charge is -2.22. The van der Waals surface area contributed by atoms with Gasteiger partial charge in [0.25, 0.3) is 0 Å². The molecule has 0 aliphatic heterocycles. The van der Waals surface area contributed by atoms with Crippen LogP contribution in [0.15, 0.2) is 5.22 Å². The molecule has 0 aliphatic rings. The maximum Gasteiger partial charge on any atom is 0.312 e. The van der Waals surface area contributed by atoms with Crippen LogP contribution < -0.4 is 16.4 Å². The summed E-state index contributed by atoms with van der Waals surface area (Å²) in [4.78, 5) is 21.8. The van der Waals surface area contributed by atoms with E-state index in [0.29, 0.717) is 19.4 Å². The number of carbonyl (C=O) groups is 2. The molecule has 1 atom stereocenters. The molecule has 0 radical (unpaired) electrons. The molecule has 0 bridgehead atoms. The molecule has 8 heteroatoms. The molecular weight excluding hydrogens is 212 g/mol. The number of urea groups is 1. The van der Waals surface area contributed by atoms with Gasteiger partial charge in [0.15, 0.2) is 0 Å². The third-order valence-electron chi connectivity index (χ3n) is 2.11. The first-order chi connectivity index (χ1) is 7.52. The van der Waals surface area contributed by atoms with E-state index in [-0.39, 0.29) is 5.91 Å². The maximum absolute atomic E-state index is 11.4. The normalized spacial score (nSPS) is 11.4. The van der Waals surface area contributed by atoms with Gasteiger partial charge < -0.3 is 16.4 Å². The molecule has 0 heterocycles. The Morgan fingerprint density at radius 3 is 2.62 bits per heavy atom. The third-order valence-corrected chi connectivity index (χ3v) is 2.11. The lowest BCUT2D eigenvalue weighted by Crippen LogP contribution is -2.42. The van der Waals surface area contributed by atoms with E-state index in [2.05, 4.69) is 15.9 Å². The topological polar surface area (TPSA) is 124 Å². The number of carbonyl (C=O) groups excluding carboxylic acids is 2. The van der Waals surface area contributed by atoms with Gasteiger partial charge in [-0.2, -0.15) is 5.53 Å². The van der Waals surface area contributed by atoms with Crippen LogP contribution in [0.5, 0.6) is 0 Å². The van der Waals surface area contributed by atoms with Crippen molar-refractivity contribution in [2.75, 3.05) is 20.6 Å². The summed E-state index contributed by atoms with van der Waals surface area (Å²) >= 11 is 0. The molecule has 16 heavy (non-hydrogen) atoms. The summed E-state index contributed by atoms with van der Waals surface area (Å²) in [6.07, 6.45) is 1.07. The summed E-state index contributed by atoms with van der Waals surface area (Å²) in [5.41, 5.74) is 11.7. The van der Waals surface area contributed by atoms with Crippen molar-refractivity contribution in [1.82, 2.24) is 15.6 Å². The van der Waals surface area contributed by atoms with Gasteiger partial charge in [-0.3, -0.25) is 9.80 Å². The van der Waals surface area contributed by atoms with E-state index in [9.17, 15) is 9.59 Å². The first-order valence-corrected chi connectivity index (χ1v) is 4.88. The number of nitrogens with two attached hydrogens (primary N) is 1. The van der Waals surface area contributed by atoms with Crippen molar-refractivity contribution in [3.05, 3.63) is 0 Å². The van der Waals surface area contributed by atoms with Crippen LogP contribution in [0.1, 0.15) is 12.8 Å². The van der Waals surface area contributed by atoms with Crippen LogP contribution in [0.4, 0.5) is 4.79 Å². The number of hydrogen-bond donors (Lipinski definition) is 4. The number of hydrogen-bond acceptors (Lipinski definition) is 4. The van der Waals surface area contributed by atoms with Gasteiger partial charge in [-0.1, -0.05) is 5.22 Å². The molecule has 92 valence electrons. The van der Waals surface area contributed by atoms with Crippen LogP contribution in [0.25, 0.3) is 0 Å². The summed E-state index contributed by atoms with van der Waals surface area (Å²) in [6.45, 7) is 0.397. The van der Waals surface area contributed by atoms with E-state index in [1.807, 2.05) is 0 Å². The molecule has 0 unspecified atom stereocenters. The molecule has 0 aromatic rings. The summed E-state index contributed by atoms with van der Waals surface area (Å²) in [5.74, 6) is -0.211. The highest BCUT2D eigenvalue weighted by Crippen LogP contribution is 2.05. The second-order valence-corrected chi connectivity index (χ2v) is 3.24. The fourth-order valence-corrected chi connectivity index (χ4v) is 1.23. The average Bonchev–Trinajstić information content (AvgIpc) is 2.27. The van der Waals surface area contributed by atoms with Crippen molar-refractivity contribution in [2.45, 2.75) is 18.9 Å². The number of primary amides is 1. The van der Waals surface area contributed by atoms with E-state index in [0.717, 1.165) is 0 Å². The van der Waals surface area contributed by atoms with Gasteiger partial charge in [-0.25, -0.2) is 4.79 Å². The predicted octanol–water partition coefficient (Wildman–Crippen LogP) is -0.573. The molecular formula is C8H18N6O2. The first kappa shape index (κ1) is 14.1. The largest absolute Gasteiger partial charge is 0.357 e. The molecule has 0 aromatic heterocycles. The Labute approximate surface area is 94.0 Å². The lowest BCUT2D eigenvalue weighted by atomic mass is 10.1. The number of rotatable bonds is 7. The fourth-order valence-electron chi connectivity index (χ4n) is 1.23. The van der Waals surface area contributed by atoms with Crippen molar-refractivity contribution in [2.24, 2.45) is 11.0 Å². The van der Waals surface area contributed by atoms with Crippen molar-refractivity contribution < 1.29 is 9.59 Å². The Morgan fingerprint density at radius 1 is 1.56 bits per heavy atom. The van der Waals surface area contributed by atoms with Gasteiger partial charge >= 0.3 is 6.03 Å². The molecule has 5 N–H and O–H groups in total. The lowest BCUT2D eigenvalue weighted by molar-refractivity contribution is -0.126. The summed E-state index contributed by atoms with van der Waals surface area (Å²) in [7, 11) is 3.07. The Kier molecular flexibility index (Phi) is 6.57. The van der Waals surface area contributed by atoms with Gasteiger partial charge in [0.2, 0.25) is 5.91 Å². The second kappa shape index (κ2) is 7.43. The number of amides is 3. The van der Waals surface area contributed by atoms with Gasteiger partial charge in [-0.15, -0.1) is 0 Å². The monoisotopic (exact) mass is 230 g/mol. The smallest absolute Gasteiger partial charge is 0.312 e. The SMILES string of the molecule is CNC(=O)[C@H](CCCNC(N)=O)N(C)N=N. The highest BCUT2D eigenvalue weighted by atomic mass is 16.2. The highest BCUT2D eigenvalue weighted by Gasteiger charge is 2.20.